The third-order valence-corrected chi connectivity index (χ3v) is 3.47. The molecule has 2 rings (SSSR count). The lowest BCUT2D eigenvalue weighted by Gasteiger charge is -2.26. The highest BCUT2D eigenvalue weighted by atomic mass is 19.1. The second-order valence-corrected chi connectivity index (χ2v) is 5.93. The van der Waals surface area contributed by atoms with Gasteiger partial charge in [-0.05, 0) is 24.5 Å². The first-order chi connectivity index (χ1) is 9.45. The zero-order chi connectivity index (χ0) is 14.8. The summed E-state index contributed by atoms with van der Waals surface area (Å²) < 4.78 is 18.4. The Bertz CT molecular complexity index is 567. The van der Waals surface area contributed by atoms with Crippen molar-refractivity contribution in [1.82, 2.24) is 10.3 Å². The molecule has 1 aromatic heterocycles. The molecular weight excluding hydrogens is 259 g/mol. The molecule has 0 saturated heterocycles. The van der Waals surface area contributed by atoms with E-state index >= 15 is 0 Å². The van der Waals surface area contributed by atoms with Crippen LogP contribution >= 0.6 is 0 Å². The Morgan fingerprint density at radius 1 is 1.50 bits per heavy atom. The quantitative estimate of drug-likeness (QED) is 0.708. The number of methoxy groups -OCH3 is 1. The summed E-state index contributed by atoms with van der Waals surface area (Å²) in [7, 11) is 1.63. The summed E-state index contributed by atoms with van der Waals surface area (Å²) in [6.07, 6.45) is 4.36. The van der Waals surface area contributed by atoms with Crippen molar-refractivity contribution in [3.63, 3.8) is 0 Å². The van der Waals surface area contributed by atoms with E-state index in [9.17, 15) is 9.50 Å². The minimum atomic E-state index is -1.30. The Balaban J connectivity index is 2.22. The molecule has 0 fully saturated rings. The molecule has 2 heterocycles. The first-order valence-corrected chi connectivity index (χ1v) is 6.93. The van der Waals surface area contributed by atoms with Crippen molar-refractivity contribution in [3.05, 3.63) is 22.3 Å². The molecular formula is C15H23FN2O2. The fourth-order valence-corrected chi connectivity index (χ4v) is 2.70. The van der Waals surface area contributed by atoms with E-state index in [4.69, 9.17) is 4.74 Å². The van der Waals surface area contributed by atoms with Gasteiger partial charge in [0.05, 0.1) is 5.60 Å². The molecule has 0 aliphatic carbocycles. The molecule has 0 bridgehead atoms. The number of fused-ring (bicyclic) bond motifs is 1. The van der Waals surface area contributed by atoms with Crippen LogP contribution in [-0.4, -0.2) is 35.7 Å². The molecule has 0 spiro atoms. The second-order valence-electron chi connectivity index (χ2n) is 5.93. The molecule has 112 valence electrons. The largest absolute Gasteiger partial charge is 0.387 e. The molecule has 1 aliphatic heterocycles. The van der Waals surface area contributed by atoms with Gasteiger partial charge in [-0.25, -0.2) is 4.39 Å². The summed E-state index contributed by atoms with van der Waals surface area (Å²) in [6, 6.07) is 1.94. The summed E-state index contributed by atoms with van der Waals surface area (Å²) >= 11 is 0. The lowest BCUT2D eigenvalue weighted by molar-refractivity contribution is -0.00347. The van der Waals surface area contributed by atoms with E-state index in [1.165, 1.54) is 0 Å². The van der Waals surface area contributed by atoms with E-state index in [1.807, 2.05) is 32.2 Å². The zero-order valence-electron chi connectivity index (χ0n) is 12.2. The minimum absolute atomic E-state index is 0.162. The molecule has 1 aromatic rings. The van der Waals surface area contributed by atoms with Crippen LogP contribution in [0.5, 0.6) is 0 Å². The van der Waals surface area contributed by atoms with Gasteiger partial charge in [0.25, 0.3) is 0 Å². The van der Waals surface area contributed by atoms with E-state index < -0.39 is 12.3 Å². The third kappa shape index (κ3) is 3.41. The summed E-state index contributed by atoms with van der Waals surface area (Å²) in [6.45, 7) is 3.23. The first-order valence-electron chi connectivity index (χ1n) is 6.93. The van der Waals surface area contributed by atoms with Crippen LogP contribution in [-0.2, 0) is 11.2 Å². The van der Waals surface area contributed by atoms with Gasteiger partial charge in [-0.1, -0.05) is 13.8 Å². The lowest BCUT2D eigenvalue weighted by Crippen LogP contribution is -2.38. The maximum atomic E-state index is 13.2. The van der Waals surface area contributed by atoms with Gasteiger partial charge in [0.15, 0.2) is 0 Å². The van der Waals surface area contributed by atoms with Crippen LogP contribution in [0.4, 0.5) is 4.39 Å². The van der Waals surface area contributed by atoms with Crippen LogP contribution in [0, 0.1) is 5.92 Å². The maximum absolute atomic E-state index is 13.2. The van der Waals surface area contributed by atoms with Gasteiger partial charge in [-0.3, -0.25) is 0 Å². The molecule has 0 saturated carbocycles. The highest BCUT2D eigenvalue weighted by Gasteiger charge is 2.29. The SMILES string of the molecule is COC1C=c2[nH]c(CC(O)(CF)CC(C)C)cc2=CN1. The monoisotopic (exact) mass is 282 g/mol. The molecule has 2 atom stereocenters. The fraction of sp³-hybridized carbons (Fsp3) is 0.600. The van der Waals surface area contributed by atoms with E-state index in [2.05, 4.69) is 10.3 Å². The Labute approximate surface area is 118 Å². The van der Waals surface area contributed by atoms with Crippen molar-refractivity contribution >= 4 is 12.3 Å². The number of ether oxygens (including phenoxy) is 1. The zero-order valence-corrected chi connectivity index (χ0v) is 12.2. The van der Waals surface area contributed by atoms with Gasteiger partial charge in [0, 0.05) is 36.0 Å². The van der Waals surface area contributed by atoms with Crippen molar-refractivity contribution in [3.8, 4) is 0 Å². The Morgan fingerprint density at radius 2 is 2.25 bits per heavy atom. The van der Waals surface area contributed by atoms with Crippen molar-refractivity contribution < 1.29 is 14.2 Å². The molecule has 1 aliphatic rings. The van der Waals surface area contributed by atoms with Gasteiger partial charge >= 0.3 is 0 Å². The number of alkyl halides is 1. The maximum Gasteiger partial charge on any atom is 0.148 e. The predicted octanol–water partition coefficient (Wildman–Crippen LogP) is 0.398. The van der Waals surface area contributed by atoms with Gasteiger partial charge in [-0.2, -0.15) is 0 Å². The summed E-state index contributed by atoms with van der Waals surface area (Å²) in [4.78, 5) is 3.23. The van der Waals surface area contributed by atoms with Crippen LogP contribution in [0.1, 0.15) is 26.0 Å². The number of halogens is 1. The Morgan fingerprint density at radius 3 is 2.85 bits per heavy atom. The average Bonchev–Trinajstić information content (AvgIpc) is 2.78. The van der Waals surface area contributed by atoms with Crippen LogP contribution in [0.15, 0.2) is 6.07 Å². The minimum Gasteiger partial charge on any atom is -0.387 e. The Hall–Kier alpha value is -1.33. The van der Waals surface area contributed by atoms with E-state index in [-0.39, 0.29) is 18.6 Å². The molecule has 2 unspecified atom stereocenters. The van der Waals surface area contributed by atoms with E-state index in [0.29, 0.717) is 6.42 Å². The van der Waals surface area contributed by atoms with Crippen LogP contribution in [0.2, 0.25) is 0 Å². The summed E-state index contributed by atoms with van der Waals surface area (Å²) in [5.41, 5.74) is -0.461. The predicted molar refractivity (Wildman–Crippen MR) is 77.0 cm³/mol. The summed E-state index contributed by atoms with van der Waals surface area (Å²) in [5.74, 6) is 0.248. The van der Waals surface area contributed by atoms with E-state index in [0.717, 1.165) is 16.3 Å². The highest BCUT2D eigenvalue weighted by molar-refractivity contribution is 5.39. The number of aliphatic hydroxyl groups is 1. The van der Waals surface area contributed by atoms with Crippen LogP contribution < -0.4 is 15.9 Å². The van der Waals surface area contributed by atoms with Gasteiger partial charge in [0.1, 0.15) is 12.9 Å². The molecule has 3 N–H and O–H groups in total. The number of H-pyrrole nitrogens is 1. The molecule has 4 nitrogen and oxygen atoms in total. The molecule has 5 heteroatoms. The van der Waals surface area contributed by atoms with Crippen molar-refractivity contribution in [2.45, 2.75) is 38.5 Å². The van der Waals surface area contributed by atoms with Gasteiger partial charge < -0.3 is 20.1 Å². The number of hydrogen-bond donors (Lipinski definition) is 3. The fourth-order valence-electron chi connectivity index (χ4n) is 2.70. The standard InChI is InChI=1S/C15H23FN2O2/c1-10(2)6-15(19,9-16)7-12-4-11-8-17-14(20-3)5-13(11)18-12/h4-5,8,10,14,17-19H,6-7,9H2,1-3H3. The number of aromatic amines is 1. The molecule has 0 amide bonds. The number of rotatable bonds is 6. The molecule has 0 aromatic carbocycles. The third-order valence-electron chi connectivity index (χ3n) is 3.47. The lowest BCUT2D eigenvalue weighted by atomic mass is 9.89. The van der Waals surface area contributed by atoms with Crippen LogP contribution in [0.3, 0.4) is 0 Å². The first kappa shape index (κ1) is 15.1. The topological polar surface area (TPSA) is 57.3 Å². The smallest absolute Gasteiger partial charge is 0.148 e. The number of hydrogen-bond acceptors (Lipinski definition) is 3. The average molecular weight is 282 g/mol. The van der Waals surface area contributed by atoms with E-state index in [1.54, 1.807) is 7.11 Å². The van der Waals surface area contributed by atoms with Crippen molar-refractivity contribution in [2.24, 2.45) is 5.92 Å². The van der Waals surface area contributed by atoms with Gasteiger partial charge in [-0.15, -0.1) is 0 Å². The normalized spacial score (nSPS) is 20.6. The highest BCUT2D eigenvalue weighted by Crippen LogP contribution is 2.21. The second kappa shape index (κ2) is 5.97. The van der Waals surface area contributed by atoms with Crippen molar-refractivity contribution in [2.75, 3.05) is 13.8 Å². The molecule has 20 heavy (non-hydrogen) atoms. The van der Waals surface area contributed by atoms with Crippen molar-refractivity contribution in [1.29, 1.82) is 0 Å². The Kier molecular flexibility index (Phi) is 4.50. The van der Waals surface area contributed by atoms with Crippen LogP contribution in [0.25, 0.3) is 12.3 Å². The number of aromatic nitrogens is 1. The summed E-state index contributed by atoms with van der Waals surface area (Å²) in [5, 5.41) is 15.4. The molecule has 0 radical (unpaired) electrons. The van der Waals surface area contributed by atoms with Gasteiger partial charge in [0.2, 0.25) is 0 Å². The number of nitrogens with one attached hydrogen (secondary N) is 2.